The third-order valence-electron chi connectivity index (χ3n) is 5.44. The summed E-state index contributed by atoms with van der Waals surface area (Å²) in [6.07, 6.45) is 1.86. The Kier molecular flexibility index (Phi) is 9.92. The van der Waals surface area contributed by atoms with E-state index in [0.717, 1.165) is 29.7 Å². The molecule has 208 valence electrons. The molecule has 0 aliphatic carbocycles. The van der Waals surface area contributed by atoms with Gasteiger partial charge in [-0.15, -0.1) is 20.4 Å². The largest absolute Gasteiger partial charge is 0.494 e. The number of anilines is 1. The van der Waals surface area contributed by atoms with Crippen molar-refractivity contribution in [2.45, 2.75) is 73.0 Å². The third kappa shape index (κ3) is 10.3. The van der Waals surface area contributed by atoms with E-state index in [9.17, 15) is 9.59 Å². The van der Waals surface area contributed by atoms with E-state index in [1.165, 1.54) is 0 Å². The van der Waals surface area contributed by atoms with Crippen molar-refractivity contribution in [3.63, 3.8) is 0 Å². The molecular weight excluding hydrogens is 496 g/mol. The Balaban J connectivity index is 1.36. The summed E-state index contributed by atoms with van der Waals surface area (Å²) >= 11 is 0. The number of carbonyl (C=O) groups excluding carboxylic acids is 2. The number of hydrogen-bond acceptors (Lipinski definition) is 8. The van der Waals surface area contributed by atoms with Gasteiger partial charge in [0.25, 0.3) is 0 Å². The molecule has 0 bridgehead atoms. The van der Waals surface area contributed by atoms with Crippen LogP contribution in [0.15, 0.2) is 48.5 Å². The smallest absolute Gasteiger partial charge is 0.407 e. The number of amides is 2. The van der Waals surface area contributed by atoms with Crippen molar-refractivity contribution in [3.8, 4) is 17.1 Å². The molecule has 0 spiro atoms. The molecule has 0 saturated carbocycles. The van der Waals surface area contributed by atoms with E-state index in [0.29, 0.717) is 30.4 Å². The van der Waals surface area contributed by atoms with Crippen molar-refractivity contribution >= 4 is 17.7 Å². The Labute approximate surface area is 229 Å². The fourth-order valence-corrected chi connectivity index (χ4v) is 3.24. The lowest BCUT2D eigenvalue weighted by molar-refractivity contribution is -0.123. The van der Waals surface area contributed by atoms with E-state index < -0.39 is 11.5 Å². The van der Waals surface area contributed by atoms with Crippen LogP contribution >= 0.6 is 0 Å². The Hall–Kier alpha value is -4.08. The molecule has 10 nitrogen and oxygen atoms in total. The van der Waals surface area contributed by atoms with Crippen LogP contribution in [0.1, 0.15) is 65.8 Å². The SMILES string of the molecule is CC(C)(C)NC(=O)OCc1ccc(OCCCCc2nnc(-c3ccc(NC(=O)C(C)(C)C)cc3)nn2)cc1. The van der Waals surface area contributed by atoms with Crippen molar-refractivity contribution in [1.29, 1.82) is 0 Å². The van der Waals surface area contributed by atoms with E-state index in [1.807, 2.05) is 90.1 Å². The first-order valence-corrected chi connectivity index (χ1v) is 13.0. The molecule has 2 amide bonds. The van der Waals surface area contributed by atoms with Crippen LogP contribution in [0, 0.1) is 5.41 Å². The molecule has 1 aromatic heterocycles. The molecule has 0 aliphatic rings. The molecule has 3 rings (SSSR count). The summed E-state index contributed by atoms with van der Waals surface area (Å²) in [5.41, 5.74) is 1.57. The van der Waals surface area contributed by atoms with Crippen LogP contribution in [0.25, 0.3) is 11.4 Å². The van der Waals surface area contributed by atoms with Gasteiger partial charge in [0.2, 0.25) is 11.7 Å². The average molecular weight is 535 g/mol. The van der Waals surface area contributed by atoms with Gasteiger partial charge in [0.05, 0.1) is 6.61 Å². The second kappa shape index (κ2) is 13.1. The first-order chi connectivity index (χ1) is 18.4. The molecule has 2 aromatic carbocycles. The summed E-state index contributed by atoms with van der Waals surface area (Å²) in [6.45, 7) is 12.1. The number of aromatic nitrogens is 4. The molecule has 3 aromatic rings. The number of nitrogens with zero attached hydrogens (tertiary/aromatic N) is 4. The Morgan fingerprint density at radius 1 is 0.821 bits per heavy atom. The number of carbonyl (C=O) groups is 2. The van der Waals surface area contributed by atoms with Crippen LogP contribution in [0.5, 0.6) is 5.75 Å². The van der Waals surface area contributed by atoms with Crippen LogP contribution in [0.3, 0.4) is 0 Å². The normalized spacial score (nSPS) is 11.5. The number of benzene rings is 2. The Morgan fingerprint density at radius 2 is 1.46 bits per heavy atom. The number of ether oxygens (including phenoxy) is 2. The summed E-state index contributed by atoms with van der Waals surface area (Å²) < 4.78 is 11.0. The molecule has 0 saturated heterocycles. The van der Waals surface area contributed by atoms with Gasteiger partial charge in [-0.25, -0.2) is 4.79 Å². The van der Waals surface area contributed by atoms with E-state index in [2.05, 4.69) is 31.0 Å². The number of hydrogen-bond donors (Lipinski definition) is 2. The van der Waals surface area contributed by atoms with Gasteiger partial charge < -0.3 is 20.1 Å². The monoisotopic (exact) mass is 534 g/mol. The zero-order valence-electron chi connectivity index (χ0n) is 23.6. The van der Waals surface area contributed by atoms with Crippen molar-refractivity contribution in [1.82, 2.24) is 25.7 Å². The highest BCUT2D eigenvalue weighted by molar-refractivity contribution is 5.94. The number of aryl methyl sites for hydroxylation is 1. The fourth-order valence-electron chi connectivity index (χ4n) is 3.24. The van der Waals surface area contributed by atoms with Crippen molar-refractivity contribution in [2.24, 2.45) is 5.41 Å². The highest BCUT2D eigenvalue weighted by Crippen LogP contribution is 2.20. The Morgan fingerprint density at radius 3 is 2.05 bits per heavy atom. The van der Waals surface area contributed by atoms with Gasteiger partial charge in [0.1, 0.15) is 12.4 Å². The highest BCUT2D eigenvalue weighted by atomic mass is 16.5. The number of unbranched alkanes of at least 4 members (excludes halogenated alkanes) is 1. The second-order valence-corrected chi connectivity index (χ2v) is 11.3. The van der Waals surface area contributed by atoms with Gasteiger partial charge in [-0.05, 0) is 75.6 Å². The van der Waals surface area contributed by atoms with E-state index in [4.69, 9.17) is 9.47 Å². The minimum absolute atomic E-state index is 0.0493. The van der Waals surface area contributed by atoms with E-state index in [-0.39, 0.29) is 18.1 Å². The van der Waals surface area contributed by atoms with Gasteiger partial charge in [-0.1, -0.05) is 32.9 Å². The third-order valence-corrected chi connectivity index (χ3v) is 5.44. The summed E-state index contributed by atoms with van der Waals surface area (Å²) in [5.74, 6) is 1.71. The molecule has 0 unspecified atom stereocenters. The molecular formula is C29H38N6O4. The highest BCUT2D eigenvalue weighted by Gasteiger charge is 2.21. The van der Waals surface area contributed by atoms with Crippen LogP contribution in [0.4, 0.5) is 10.5 Å². The van der Waals surface area contributed by atoms with Crippen LogP contribution in [-0.2, 0) is 22.6 Å². The molecule has 0 radical (unpaired) electrons. The van der Waals surface area contributed by atoms with Crippen LogP contribution in [0.2, 0.25) is 0 Å². The molecule has 2 N–H and O–H groups in total. The van der Waals surface area contributed by atoms with Gasteiger partial charge in [0, 0.05) is 28.6 Å². The van der Waals surface area contributed by atoms with Crippen LogP contribution < -0.4 is 15.4 Å². The molecule has 0 atom stereocenters. The maximum Gasteiger partial charge on any atom is 0.407 e. The average Bonchev–Trinajstić information content (AvgIpc) is 2.87. The van der Waals surface area contributed by atoms with E-state index >= 15 is 0 Å². The maximum atomic E-state index is 12.1. The minimum atomic E-state index is -0.466. The van der Waals surface area contributed by atoms with Crippen molar-refractivity contribution in [2.75, 3.05) is 11.9 Å². The number of nitrogens with one attached hydrogen (secondary N) is 2. The number of alkyl carbamates (subject to hydrolysis) is 1. The van der Waals surface area contributed by atoms with Crippen LogP contribution in [-0.4, -0.2) is 44.5 Å². The first-order valence-electron chi connectivity index (χ1n) is 13.0. The lowest BCUT2D eigenvalue weighted by Gasteiger charge is -2.19. The fraction of sp³-hybridized carbons (Fsp3) is 0.448. The minimum Gasteiger partial charge on any atom is -0.494 e. The molecule has 1 heterocycles. The lowest BCUT2D eigenvalue weighted by Crippen LogP contribution is -2.40. The van der Waals surface area contributed by atoms with Crippen molar-refractivity contribution < 1.29 is 19.1 Å². The predicted molar refractivity (Wildman–Crippen MR) is 149 cm³/mol. The molecule has 39 heavy (non-hydrogen) atoms. The van der Waals surface area contributed by atoms with Gasteiger partial charge in [-0.3, -0.25) is 4.79 Å². The van der Waals surface area contributed by atoms with E-state index in [1.54, 1.807) is 0 Å². The quantitative estimate of drug-likeness (QED) is 0.333. The summed E-state index contributed by atoms with van der Waals surface area (Å²) in [7, 11) is 0. The molecule has 0 aliphatic heterocycles. The predicted octanol–water partition coefficient (Wildman–Crippen LogP) is 5.34. The van der Waals surface area contributed by atoms with Gasteiger partial charge >= 0.3 is 6.09 Å². The number of rotatable bonds is 10. The molecule has 10 heteroatoms. The standard InChI is InChI=1S/C29H38N6O4/c1-28(2,3)26(36)30-22-14-12-21(13-15-22)25-34-32-24(33-35-25)9-7-8-18-38-23-16-10-20(11-17-23)19-39-27(37)31-29(4,5)6/h10-17H,7-9,18-19H2,1-6H3,(H,30,36)(H,31,37). The lowest BCUT2D eigenvalue weighted by atomic mass is 9.95. The topological polar surface area (TPSA) is 128 Å². The van der Waals surface area contributed by atoms with Crippen molar-refractivity contribution in [3.05, 3.63) is 59.9 Å². The summed E-state index contributed by atoms with van der Waals surface area (Å²) in [6, 6.07) is 14.8. The summed E-state index contributed by atoms with van der Waals surface area (Å²) in [4.78, 5) is 23.9. The first kappa shape index (κ1) is 29.5. The maximum absolute atomic E-state index is 12.1. The zero-order valence-corrected chi connectivity index (χ0v) is 23.6. The molecule has 0 fully saturated rings. The van der Waals surface area contributed by atoms with Gasteiger partial charge in [-0.2, -0.15) is 0 Å². The second-order valence-electron chi connectivity index (χ2n) is 11.3. The Bertz CT molecular complexity index is 1220. The zero-order chi connectivity index (χ0) is 28.5. The summed E-state index contributed by atoms with van der Waals surface area (Å²) in [5, 5.41) is 22.4. The van der Waals surface area contributed by atoms with Gasteiger partial charge in [0.15, 0.2) is 5.82 Å².